The summed E-state index contributed by atoms with van der Waals surface area (Å²) in [6.45, 7) is 0.708. The standard InChI is InChI=1S/C13H12Br2N2O/c14-9-3-8(4-10(15)5-9)12-6-17-13(18-12)7-16-11-1-2-11/h3-6,11,16H,1-2,7H2. The Labute approximate surface area is 122 Å². The Bertz CT molecular complexity index is 544. The molecule has 0 unspecified atom stereocenters. The van der Waals surface area contributed by atoms with E-state index in [9.17, 15) is 0 Å². The number of nitrogens with one attached hydrogen (secondary N) is 1. The summed E-state index contributed by atoms with van der Waals surface area (Å²) in [5.74, 6) is 1.54. The molecule has 1 fully saturated rings. The number of halogens is 2. The summed E-state index contributed by atoms with van der Waals surface area (Å²) < 4.78 is 7.77. The van der Waals surface area contributed by atoms with E-state index >= 15 is 0 Å². The molecule has 2 aromatic rings. The summed E-state index contributed by atoms with van der Waals surface area (Å²) in [6, 6.07) is 6.70. The largest absolute Gasteiger partial charge is 0.439 e. The molecule has 1 aromatic heterocycles. The van der Waals surface area contributed by atoms with Crippen LogP contribution in [0.15, 0.2) is 37.8 Å². The summed E-state index contributed by atoms with van der Waals surface area (Å²) in [6.07, 6.45) is 4.32. The third-order valence-corrected chi connectivity index (χ3v) is 3.74. The van der Waals surface area contributed by atoms with Gasteiger partial charge in [-0.3, -0.25) is 0 Å². The predicted molar refractivity (Wildman–Crippen MR) is 77.2 cm³/mol. The Morgan fingerprint density at radius 1 is 1.22 bits per heavy atom. The minimum atomic E-state index is 0.667. The van der Waals surface area contributed by atoms with Crippen LogP contribution in [0.4, 0.5) is 0 Å². The molecule has 1 N–H and O–H groups in total. The SMILES string of the molecule is Brc1cc(Br)cc(-c2cnc(CNC3CC3)o2)c1. The Kier molecular flexibility index (Phi) is 3.54. The highest BCUT2D eigenvalue weighted by Crippen LogP contribution is 2.28. The van der Waals surface area contributed by atoms with Crippen molar-refractivity contribution in [2.75, 3.05) is 0 Å². The molecule has 0 amide bonds. The normalized spacial score (nSPS) is 15.0. The number of benzene rings is 1. The van der Waals surface area contributed by atoms with Crippen molar-refractivity contribution in [2.45, 2.75) is 25.4 Å². The molecule has 3 rings (SSSR count). The van der Waals surface area contributed by atoms with Crippen molar-refractivity contribution < 1.29 is 4.42 Å². The maximum absolute atomic E-state index is 5.74. The summed E-state index contributed by atoms with van der Waals surface area (Å²) in [4.78, 5) is 4.29. The molecule has 1 saturated carbocycles. The maximum atomic E-state index is 5.74. The van der Waals surface area contributed by atoms with Crippen LogP contribution in [-0.4, -0.2) is 11.0 Å². The van der Waals surface area contributed by atoms with Crippen molar-refractivity contribution in [3.63, 3.8) is 0 Å². The van der Waals surface area contributed by atoms with E-state index in [4.69, 9.17) is 4.42 Å². The monoisotopic (exact) mass is 370 g/mol. The molecule has 1 heterocycles. The van der Waals surface area contributed by atoms with Gasteiger partial charge in [-0.1, -0.05) is 31.9 Å². The second kappa shape index (κ2) is 5.15. The van der Waals surface area contributed by atoms with Gasteiger partial charge in [-0.15, -0.1) is 0 Å². The number of hydrogen-bond donors (Lipinski definition) is 1. The molecular formula is C13H12Br2N2O. The third-order valence-electron chi connectivity index (χ3n) is 2.82. The van der Waals surface area contributed by atoms with Gasteiger partial charge in [0.25, 0.3) is 0 Å². The van der Waals surface area contributed by atoms with E-state index in [-0.39, 0.29) is 0 Å². The van der Waals surface area contributed by atoms with Crippen LogP contribution in [0.2, 0.25) is 0 Å². The van der Waals surface area contributed by atoms with E-state index in [0.29, 0.717) is 12.6 Å². The lowest BCUT2D eigenvalue weighted by Gasteiger charge is -2.00. The summed E-state index contributed by atoms with van der Waals surface area (Å²) in [5.41, 5.74) is 1.02. The molecule has 0 spiro atoms. The molecule has 3 nitrogen and oxygen atoms in total. The fraction of sp³-hybridized carbons (Fsp3) is 0.308. The van der Waals surface area contributed by atoms with Crippen LogP contribution in [0.5, 0.6) is 0 Å². The highest BCUT2D eigenvalue weighted by atomic mass is 79.9. The molecule has 0 bridgehead atoms. The van der Waals surface area contributed by atoms with Gasteiger partial charge < -0.3 is 9.73 Å². The Balaban J connectivity index is 1.78. The van der Waals surface area contributed by atoms with E-state index in [2.05, 4.69) is 42.2 Å². The quantitative estimate of drug-likeness (QED) is 0.878. The lowest BCUT2D eigenvalue weighted by molar-refractivity contribution is 0.476. The van der Waals surface area contributed by atoms with Crippen molar-refractivity contribution in [3.05, 3.63) is 39.2 Å². The zero-order chi connectivity index (χ0) is 12.5. The summed E-state index contributed by atoms with van der Waals surface area (Å²) in [7, 11) is 0. The third kappa shape index (κ3) is 3.02. The van der Waals surface area contributed by atoms with Crippen molar-refractivity contribution >= 4 is 31.9 Å². The highest BCUT2D eigenvalue weighted by molar-refractivity contribution is 9.11. The van der Waals surface area contributed by atoms with Crippen molar-refractivity contribution in [2.24, 2.45) is 0 Å². The van der Waals surface area contributed by atoms with Gasteiger partial charge in [-0.25, -0.2) is 4.98 Å². The van der Waals surface area contributed by atoms with Crippen molar-refractivity contribution in [1.82, 2.24) is 10.3 Å². The minimum Gasteiger partial charge on any atom is -0.439 e. The van der Waals surface area contributed by atoms with E-state index in [1.165, 1.54) is 12.8 Å². The zero-order valence-electron chi connectivity index (χ0n) is 9.62. The van der Waals surface area contributed by atoms with Crippen LogP contribution >= 0.6 is 31.9 Å². The molecule has 5 heteroatoms. The van der Waals surface area contributed by atoms with Gasteiger partial charge in [0, 0.05) is 20.6 Å². The molecule has 18 heavy (non-hydrogen) atoms. The van der Waals surface area contributed by atoms with Crippen LogP contribution in [0.3, 0.4) is 0 Å². The van der Waals surface area contributed by atoms with Crippen LogP contribution < -0.4 is 5.32 Å². The van der Waals surface area contributed by atoms with Gasteiger partial charge in [-0.05, 0) is 31.0 Å². The first kappa shape index (κ1) is 12.4. The number of nitrogens with zero attached hydrogens (tertiary/aromatic N) is 1. The Morgan fingerprint density at radius 2 is 1.94 bits per heavy atom. The van der Waals surface area contributed by atoms with Crippen LogP contribution in [0.1, 0.15) is 18.7 Å². The lowest BCUT2D eigenvalue weighted by Crippen LogP contribution is -2.15. The number of aromatic nitrogens is 1. The molecule has 0 atom stereocenters. The first-order valence-corrected chi connectivity index (χ1v) is 7.44. The molecule has 0 saturated heterocycles. The number of rotatable bonds is 4. The maximum Gasteiger partial charge on any atom is 0.208 e. The molecule has 1 aliphatic rings. The molecule has 0 aliphatic heterocycles. The van der Waals surface area contributed by atoms with Crippen LogP contribution in [-0.2, 0) is 6.54 Å². The van der Waals surface area contributed by atoms with Gasteiger partial charge in [0.15, 0.2) is 5.76 Å². The van der Waals surface area contributed by atoms with E-state index in [1.807, 2.05) is 18.2 Å². The van der Waals surface area contributed by atoms with Crippen molar-refractivity contribution in [1.29, 1.82) is 0 Å². The Morgan fingerprint density at radius 3 is 2.61 bits per heavy atom. The predicted octanol–water partition coefficient (Wildman–Crippen LogP) is 4.12. The molecular weight excluding hydrogens is 360 g/mol. The van der Waals surface area contributed by atoms with E-state index in [0.717, 1.165) is 26.2 Å². The van der Waals surface area contributed by atoms with E-state index < -0.39 is 0 Å². The molecule has 94 valence electrons. The highest BCUT2D eigenvalue weighted by Gasteiger charge is 2.21. The molecule has 1 aliphatic carbocycles. The first-order valence-electron chi connectivity index (χ1n) is 5.85. The number of oxazole rings is 1. The minimum absolute atomic E-state index is 0.667. The van der Waals surface area contributed by atoms with Gasteiger partial charge in [-0.2, -0.15) is 0 Å². The summed E-state index contributed by atoms with van der Waals surface area (Å²) >= 11 is 6.94. The second-order valence-electron chi connectivity index (χ2n) is 4.43. The Hall–Kier alpha value is -0.650. The van der Waals surface area contributed by atoms with Gasteiger partial charge in [0.2, 0.25) is 5.89 Å². The average Bonchev–Trinajstić information content (AvgIpc) is 3.02. The van der Waals surface area contributed by atoms with Gasteiger partial charge >= 0.3 is 0 Å². The smallest absolute Gasteiger partial charge is 0.208 e. The van der Waals surface area contributed by atoms with Gasteiger partial charge in [0.1, 0.15) is 0 Å². The fourth-order valence-corrected chi connectivity index (χ4v) is 3.03. The lowest BCUT2D eigenvalue weighted by atomic mass is 10.2. The average molecular weight is 372 g/mol. The zero-order valence-corrected chi connectivity index (χ0v) is 12.8. The van der Waals surface area contributed by atoms with E-state index in [1.54, 1.807) is 6.20 Å². The van der Waals surface area contributed by atoms with Gasteiger partial charge in [0.05, 0.1) is 12.7 Å². The topological polar surface area (TPSA) is 38.1 Å². The molecule has 0 radical (unpaired) electrons. The van der Waals surface area contributed by atoms with Crippen LogP contribution in [0, 0.1) is 0 Å². The summed E-state index contributed by atoms with van der Waals surface area (Å²) in [5, 5.41) is 3.39. The first-order chi connectivity index (χ1) is 8.70. The second-order valence-corrected chi connectivity index (χ2v) is 6.26. The fourth-order valence-electron chi connectivity index (χ4n) is 1.74. The van der Waals surface area contributed by atoms with Crippen molar-refractivity contribution in [3.8, 4) is 11.3 Å². The number of hydrogen-bond acceptors (Lipinski definition) is 3. The molecule has 1 aromatic carbocycles. The van der Waals surface area contributed by atoms with Crippen LogP contribution in [0.25, 0.3) is 11.3 Å².